The van der Waals surface area contributed by atoms with Crippen LogP contribution in [0.4, 0.5) is 0 Å². The molecule has 3 N–H and O–H groups in total. The maximum atomic E-state index is 11.8. The van der Waals surface area contributed by atoms with Crippen LogP contribution >= 0.6 is 0 Å². The van der Waals surface area contributed by atoms with Crippen LogP contribution in [0.5, 0.6) is 0 Å². The number of carbonyl (C=O) groups excluding carboxylic acids is 1. The molecule has 27 heavy (non-hydrogen) atoms. The van der Waals surface area contributed by atoms with Crippen LogP contribution in [0.3, 0.4) is 0 Å². The van der Waals surface area contributed by atoms with Crippen LogP contribution in [0.15, 0.2) is 48.6 Å². The molecule has 1 aliphatic carbocycles. The van der Waals surface area contributed by atoms with Crippen LogP contribution in [0.2, 0.25) is 0 Å². The molecule has 0 radical (unpaired) electrons. The molecule has 150 valence electrons. The van der Waals surface area contributed by atoms with Gasteiger partial charge in [-0.05, 0) is 32.1 Å². The summed E-state index contributed by atoms with van der Waals surface area (Å²) in [5, 5.41) is 28.5. The number of hydrogen-bond acceptors (Lipinski definition) is 4. The van der Waals surface area contributed by atoms with E-state index in [1.807, 2.05) is 43.4 Å². The molecule has 1 aliphatic rings. The summed E-state index contributed by atoms with van der Waals surface area (Å²) in [6.07, 6.45) is 17.6. The van der Waals surface area contributed by atoms with Crippen molar-refractivity contribution in [3.8, 4) is 0 Å². The lowest BCUT2D eigenvalue weighted by Gasteiger charge is -2.16. The summed E-state index contributed by atoms with van der Waals surface area (Å²) in [7, 11) is 0. The number of carboxylic acid groups (broad SMARTS) is 1. The minimum absolute atomic E-state index is 0.109. The summed E-state index contributed by atoms with van der Waals surface area (Å²) in [6, 6.07) is 0. The highest BCUT2D eigenvalue weighted by Gasteiger charge is 2.38. The van der Waals surface area contributed by atoms with Gasteiger partial charge in [-0.15, -0.1) is 0 Å². The Balaban J connectivity index is 2.22. The molecule has 0 aromatic carbocycles. The number of rotatable bonds is 12. The number of carbonyl (C=O) groups is 2. The Bertz CT molecular complexity index is 573. The average molecular weight is 376 g/mol. The van der Waals surface area contributed by atoms with Gasteiger partial charge in [0.1, 0.15) is 5.78 Å². The van der Waals surface area contributed by atoms with Crippen LogP contribution in [0.25, 0.3) is 0 Å². The van der Waals surface area contributed by atoms with Crippen molar-refractivity contribution in [2.24, 2.45) is 11.8 Å². The molecule has 0 bridgehead atoms. The standard InChI is InChI=1S/C22H32O5/c1-2-18-19(21(25)16-20(18)24)15-14-17(23)12-10-8-6-4-3-5-7-9-11-13-22(26)27/h3-4,7-10,14-15,17-19,21,23,25H,2,5-6,11-13,16H2,1H3,(H,26,27)/b4-3-,9-7-,10-8-,15-14+/t17-,18+,19+,21-/m1/s1. The maximum absolute atomic E-state index is 11.8. The largest absolute Gasteiger partial charge is 0.481 e. The van der Waals surface area contributed by atoms with Gasteiger partial charge in [-0.2, -0.15) is 0 Å². The molecule has 5 nitrogen and oxygen atoms in total. The van der Waals surface area contributed by atoms with E-state index in [1.54, 1.807) is 12.2 Å². The zero-order chi connectivity index (χ0) is 20.1. The summed E-state index contributed by atoms with van der Waals surface area (Å²) in [6.45, 7) is 1.94. The molecule has 0 aromatic rings. The minimum Gasteiger partial charge on any atom is -0.481 e. The van der Waals surface area contributed by atoms with Crippen LogP contribution in [0, 0.1) is 11.8 Å². The van der Waals surface area contributed by atoms with E-state index in [9.17, 15) is 19.8 Å². The number of ketones is 1. The van der Waals surface area contributed by atoms with Crippen molar-refractivity contribution in [2.45, 2.75) is 64.1 Å². The van der Waals surface area contributed by atoms with Gasteiger partial charge in [0.25, 0.3) is 0 Å². The van der Waals surface area contributed by atoms with Gasteiger partial charge in [0, 0.05) is 24.7 Å². The quantitative estimate of drug-likeness (QED) is 0.453. The summed E-state index contributed by atoms with van der Waals surface area (Å²) >= 11 is 0. The smallest absolute Gasteiger partial charge is 0.303 e. The molecule has 4 atom stereocenters. The first kappa shape index (κ1) is 23.1. The molecule has 0 aromatic heterocycles. The summed E-state index contributed by atoms with van der Waals surface area (Å²) < 4.78 is 0. The van der Waals surface area contributed by atoms with E-state index in [0.717, 1.165) is 12.8 Å². The number of Topliss-reactive ketones (excluding diaryl/α,β-unsaturated/α-hetero) is 1. The number of carboxylic acids is 1. The first-order valence-corrected chi connectivity index (χ1v) is 9.69. The molecule has 0 saturated heterocycles. The van der Waals surface area contributed by atoms with Gasteiger partial charge in [-0.1, -0.05) is 55.5 Å². The van der Waals surface area contributed by atoms with Crippen molar-refractivity contribution in [3.63, 3.8) is 0 Å². The van der Waals surface area contributed by atoms with E-state index in [2.05, 4.69) is 0 Å². The van der Waals surface area contributed by atoms with E-state index in [4.69, 9.17) is 5.11 Å². The summed E-state index contributed by atoms with van der Waals surface area (Å²) in [4.78, 5) is 22.1. The van der Waals surface area contributed by atoms with Gasteiger partial charge in [0.15, 0.2) is 0 Å². The Kier molecular flexibility index (Phi) is 11.3. The highest BCUT2D eigenvalue weighted by molar-refractivity contribution is 5.84. The van der Waals surface area contributed by atoms with Gasteiger partial charge in [-0.3, -0.25) is 9.59 Å². The van der Waals surface area contributed by atoms with E-state index in [-0.39, 0.29) is 30.5 Å². The lowest BCUT2D eigenvalue weighted by atomic mass is 9.91. The maximum Gasteiger partial charge on any atom is 0.303 e. The molecular formula is C22H32O5. The normalized spacial score (nSPS) is 24.9. The van der Waals surface area contributed by atoms with E-state index in [1.165, 1.54) is 0 Å². The third kappa shape index (κ3) is 9.50. The van der Waals surface area contributed by atoms with Crippen molar-refractivity contribution in [3.05, 3.63) is 48.6 Å². The number of hydrogen-bond donors (Lipinski definition) is 3. The Hall–Kier alpha value is -1.98. The molecule has 0 heterocycles. The second-order valence-corrected chi connectivity index (χ2v) is 6.84. The first-order chi connectivity index (χ1) is 13.0. The zero-order valence-corrected chi connectivity index (χ0v) is 16.0. The van der Waals surface area contributed by atoms with Crippen LogP contribution in [-0.4, -0.2) is 39.3 Å². The lowest BCUT2D eigenvalue weighted by molar-refractivity contribution is -0.136. The van der Waals surface area contributed by atoms with Gasteiger partial charge in [0.05, 0.1) is 12.2 Å². The number of aliphatic hydroxyl groups is 2. The SMILES string of the molecule is CC[C@@H]1C(=O)C[C@@H](O)[C@H]1/C=C/[C@H](O)C/C=C\C/C=C\C/C=C\CCC(=O)O. The molecule has 1 rings (SSSR count). The zero-order valence-electron chi connectivity index (χ0n) is 16.0. The van der Waals surface area contributed by atoms with Gasteiger partial charge < -0.3 is 15.3 Å². The van der Waals surface area contributed by atoms with Crippen molar-refractivity contribution >= 4 is 11.8 Å². The lowest BCUT2D eigenvalue weighted by Crippen LogP contribution is -2.18. The molecule has 0 spiro atoms. The number of aliphatic hydroxyl groups excluding tert-OH is 2. The Morgan fingerprint density at radius 2 is 1.78 bits per heavy atom. The minimum atomic E-state index is -0.782. The van der Waals surface area contributed by atoms with Crippen LogP contribution < -0.4 is 0 Å². The summed E-state index contributed by atoms with van der Waals surface area (Å²) in [5.41, 5.74) is 0. The second-order valence-electron chi connectivity index (χ2n) is 6.84. The topological polar surface area (TPSA) is 94.8 Å². The Morgan fingerprint density at radius 3 is 2.41 bits per heavy atom. The third-order valence-corrected chi connectivity index (χ3v) is 4.67. The summed E-state index contributed by atoms with van der Waals surface area (Å²) in [5.74, 6) is -0.997. The van der Waals surface area contributed by atoms with Crippen molar-refractivity contribution in [1.29, 1.82) is 0 Å². The monoisotopic (exact) mass is 376 g/mol. The van der Waals surface area contributed by atoms with Gasteiger partial charge >= 0.3 is 5.97 Å². The second kappa shape index (κ2) is 13.2. The highest BCUT2D eigenvalue weighted by atomic mass is 16.4. The van der Waals surface area contributed by atoms with E-state index < -0.39 is 18.2 Å². The molecule has 0 aliphatic heterocycles. The molecule has 0 amide bonds. The Labute approximate surface area is 161 Å². The fourth-order valence-electron chi connectivity index (χ4n) is 3.18. The average Bonchev–Trinajstić information content (AvgIpc) is 2.90. The van der Waals surface area contributed by atoms with Gasteiger partial charge in [-0.25, -0.2) is 0 Å². The number of allylic oxidation sites excluding steroid dienone is 5. The van der Waals surface area contributed by atoms with Crippen molar-refractivity contribution in [2.75, 3.05) is 0 Å². The molecule has 0 unspecified atom stereocenters. The molecule has 1 fully saturated rings. The fourth-order valence-corrected chi connectivity index (χ4v) is 3.18. The predicted molar refractivity (Wildman–Crippen MR) is 106 cm³/mol. The van der Waals surface area contributed by atoms with E-state index >= 15 is 0 Å². The third-order valence-electron chi connectivity index (χ3n) is 4.67. The van der Waals surface area contributed by atoms with Crippen LogP contribution in [-0.2, 0) is 9.59 Å². The van der Waals surface area contributed by atoms with Crippen LogP contribution in [0.1, 0.15) is 51.9 Å². The molecular weight excluding hydrogens is 344 g/mol. The highest BCUT2D eigenvalue weighted by Crippen LogP contribution is 2.32. The van der Waals surface area contributed by atoms with Crippen molar-refractivity contribution < 1.29 is 24.9 Å². The molecule has 1 saturated carbocycles. The van der Waals surface area contributed by atoms with Gasteiger partial charge in [0.2, 0.25) is 0 Å². The molecule has 5 heteroatoms. The fraction of sp³-hybridized carbons (Fsp3) is 0.545. The Morgan fingerprint density at radius 1 is 1.15 bits per heavy atom. The number of aliphatic carboxylic acids is 1. The first-order valence-electron chi connectivity index (χ1n) is 9.69. The van der Waals surface area contributed by atoms with Crippen molar-refractivity contribution in [1.82, 2.24) is 0 Å². The predicted octanol–water partition coefficient (Wildman–Crippen LogP) is 3.58. The van der Waals surface area contributed by atoms with E-state index in [0.29, 0.717) is 19.3 Å².